The second-order valence-electron chi connectivity index (χ2n) is 12.6. The van der Waals surface area contributed by atoms with Crippen molar-refractivity contribution in [2.24, 2.45) is 23.7 Å². The van der Waals surface area contributed by atoms with Crippen molar-refractivity contribution >= 4 is 0 Å². The van der Waals surface area contributed by atoms with Gasteiger partial charge in [0.15, 0.2) is 0 Å². The minimum atomic E-state index is -0.239. The molecule has 0 N–H and O–H groups in total. The highest BCUT2D eigenvalue weighted by molar-refractivity contribution is 5.39. The maximum Gasteiger partial charge on any atom is 0.133 e. The summed E-state index contributed by atoms with van der Waals surface area (Å²) < 4.78 is 31.1. The lowest BCUT2D eigenvalue weighted by molar-refractivity contribution is 0.111. The van der Waals surface area contributed by atoms with Gasteiger partial charge in [0, 0.05) is 5.56 Å². The van der Waals surface area contributed by atoms with E-state index in [4.69, 9.17) is 0 Å². The van der Waals surface area contributed by atoms with E-state index in [1.54, 1.807) is 6.07 Å². The Morgan fingerprint density at radius 2 is 1.37 bits per heavy atom. The summed E-state index contributed by atoms with van der Waals surface area (Å²) in [5, 5.41) is 0. The Morgan fingerprint density at radius 1 is 0.714 bits per heavy atom. The zero-order valence-electron chi connectivity index (χ0n) is 22.9. The standard InChI is InChI=1S/C33H52F2/c1-3-5-7-9-11-13-24-14-16-27-22-28(18-17-26(27)20-24)32-31(34)23-29-21-25(12-10-8-6-4-2)15-19-30(29)33(32)35/h23-28H,3-22H2,1-2H3. The van der Waals surface area contributed by atoms with Crippen LogP contribution in [0.2, 0.25) is 0 Å². The normalized spacial score (nSPS) is 28.5. The molecule has 0 radical (unpaired) electrons. The van der Waals surface area contributed by atoms with Crippen LogP contribution in [0.4, 0.5) is 8.78 Å². The quantitative estimate of drug-likeness (QED) is 0.258. The fourth-order valence-corrected chi connectivity index (χ4v) is 7.97. The first kappa shape index (κ1) is 27.1. The summed E-state index contributed by atoms with van der Waals surface area (Å²) in [6.07, 6.45) is 24.6. The number of hydrogen-bond donors (Lipinski definition) is 0. The summed E-state index contributed by atoms with van der Waals surface area (Å²) in [7, 11) is 0. The van der Waals surface area contributed by atoms with Crippen LogP contribution >= 0.6 is 0 Å². The third kappa shape index (κ3) is 7.10. The molecule has 0 amide bonds. The average molecular weight is 487 g/mol. The molecule has 3 aliphatic carbocycles. The molecule has 198 valence electrons. The molecular weight excluding hydrogens is 434 g/mol. The molecule has 5 atom stereocenters. The van der Waals surface area contributed by atoms with E-state index < -0.39 is 0 Å². The van der Waals surface area contributed by atoms with Crippen LogP contribution in [-0.4, -0.2) is 0 Å². The van der Waals surface area contributed by atoms with Crippen LogP contribution in [-0.2, 0) is 12.8 Å². The van der Waals surface area contributed by atoms with Gasteiger partial charge < -0.3 is 0 Å². The molecule has 35 heavy (non-hydrogen) atoms. The van der Waals surface area contributed by atoms with Gasteiger partial charge in [0.1, 0.15) is 11.6 Å². The van der Waals surface area contributed by atoms with Gasteiger partial charge in [-0.2, -0.15) is 0 Å². The van der Waals surface area contributed by atoms with Crippen LogP contribution < -0.4 is 0 Å². The van der Waals surface area contributed by atoms with Crippen LogP contribution in [0.25, 0.3) is 0 Å². The summed E-state index contributed by atoms with van der Waals surface area (Å²) >= 11 is 0. The van der Waals surface area contributed by atoms with Gasteiger partial charge in [-0.3, -0.25) is 0 Å². The first-order chi connectivity index (χ1) is 17.1. The van der Waals surface area contributed by atoms with Crippen molar-refractivity contribution in [3.05, 3.63) is 34.4 Å². The van der Waals surface area contributed by atoms with Crippen LogP contribution in [0.1, 0.15) is 152 Å². The fourth-order valence-electron chi connectivity index (χ4n) is 7.97. The average Bonchev–Trinajstić information content (AvgIpc) is 2.86. The van der Waals surface area contributed by atoms with E-state index in [0.29, 0.717) is 17.4 Å². The Balaban J connectivity index is 1.31. The highest BCUT2D eigenvalue weighted by Gasteiger charge is 2.38. The van der Waals surface area contributed by atoms with E-state index in [9.17, 15) is 0 Å². The van der Waals surface area contributed by atoms with Gasteiger partial charge in [-0.15, -0.1) is 0 Å². The summed E-state index contributed by atoms with van der Waals surface area (Å²) in [5.74, 6) is 2.71. The second-order valence-corrected chi connectivity index (χ2v) is 12.6. The number of unbranched alkanes of at least 4 members (excludes halogenated alkanes) is 7. The van der Waals surface area contributed by atoms with Gasteiger partial charge in [-0.25, -0.2) is 8.78 Å². The largest absolute Gasteiger partial charge is 0.207 e. The molecule has 0 aliphatic heterocycles. The SMILES string of the molecule is CCCCCCCC1CCC2CC(c3c(F)cc4c(c3F)CCC(CCCCCC)C4)CCC2C1. The van der Waals surface area contributed by atoms with Gasteiger partial charge in [-0.05, 0) is 98.1 Å². The second kappa shape index (κ2) is 13.6. The van der Waals surface area contributed by atoms with Crippen LogP contribution in [0.15, 0.2) is 6.07 Å². The van der Waals surface area contributed by atoms with E-state index in [1.165, 1.54) is 96.3 Å². The first-order valence-electron chi connectivity index (χ1n) is 15.6. The Hall–Kier alpha value is -0.920. The lowest BCUT2D eigenvalue weighted by atomic mass is 9.63. The molecule has 0 spiro atoms. The van der Waals surface area contributed by atoms with E-state index in [-0.39, 0.29) is 17.6 Å². The zero-order chi connectivity index (χ0) is 24.6. The highest BCUT2D eigenvalue weighted by atomic mass is 19.1. The molecule has 1 aromatic carbocycles. The van der Waals surface area contributed by atoms with Crippen molar-refractivity contribution in [1.82, 2.24) is 0 Å². The van der Waals surface area contributed by atoms with Crippen molar-refractivity contribution < 1.29 is 8.78 Å². The molecular formula is C33H52F2. The monoisotopic (exact) mass is 486 g/mol. The third-order valence-electron chi connectivity index (χ3n) is 10.1. The summed E-state index contributed by atoms with van der Waals surface area (Å²) in [4.78, 5) is 0. The van der Waals surface area contributed by atoms with Crippen molar-refractivity contribution in [2.75, 3.05) is 0 Å². The van der Waals surface area contributed by atoms with Crippen LogP contribution in [0.3, 0.4) is 0 Å². The summed E-state index contributed by atoms with van der Waals surface area (Å²) in [5.41, 5.74) is 2.30. The lowest BCUT2D eigenvalue weighted by Crippen LogP contribution is -2.31. The van der Waals surface area contributed by atoms with Crippen LogP contribution in [0, 0.1) is 35.3 Å². The van der Waals surface area contributed by atoms with Crippen molar-refractivity contribution in [3.8, 4) is 0 Å². The fraction of sp³-hybridized carbons (Fsp3) is 0.818. The molecule has 3 aliphatic rings. The molecule has 0 bridgehead atoms. The number of fused-ring (bicyclic) bond motifs is 2. The summed E-state index contributed by atoms with van der Waals surface area (Å²) in [6.45, 7) is 4.53. The Bertz CT molecular complexity index is 784. The molecule has 4 rings (SSSR count). The molecule has 0 nitrogen and oxygen atoms in total. The minimum Gasteiger partial charge on any atom is -0.207 e. The molecule has 2 heteroatoms. The molecule has 5 unspecified atom stereocenters. The molecule has 0 heterocycles. The topological polar surface area (TPSA) is 0 Å². The maximum absolute atomic E-state index is 15.8. The van der Waals surface area contributed by atoms with Gasteiger partial charge >= 0.3 is 0 Å². The number of rotatable bonds is 12. The number of hydrogen-bond acceptors (Lipinski definition) is 0. The maximum atomic E-state index is 15.8. The molecule has 0 saturated heterocycles. The Morgan fingerprint density at radius 3 is 2.14 bits per heavy atom. The van der Waals surface area contributed by atoms with Crippen molar-refractivity contribution in [2.45, 2.75) is 148 Å². The van der Waals surface area contributed by atoms with Crippen molar-refractivity contribution in [1.29, 1.82) is 0 Å². The van der Waals surface area contributed by atoms with Gasteiger partial charge in [0.25, 0.3) is 0 Å². The molecule has 2 fully saturated rings. The van der Waals surface area contributed by atoms with E-state index >= 15 is 8.78 Å². The van der Waals surface area contributed by atoms with E-state index in [0.717, 1.165) is 55.1 Å². The van der Waals surface area contributed by atoms with E-state index in [2.05, 4.69) is 13.8 Å². The van der Waals surface area contributed by atoms with Crippen molar-refractivity contribution in [3.63, 3.8) is 0 Å². The Kier molecular flexibility index (Phi) is 10.5. The highest BCUT2D eigenvalue weighted by Crippen LogP contribution is 2.50. The zero-order valence-corrected chi connectivity index (χ0v) is 22.9. The molecule has 0 aromatic heterocycles. The first-order valence-corrected chi connectivity index (χ1v) is 15.6. The smallest absolute Gasteiger partial charge is 0.133 e. The van der Waals surface area contributed by atoms with Gasteiger partial charge in [0.05, 0.1) is 0 Å². The number of halogens is 2. The summed E-state index contributed by atoms with van der Waals surface area (Å²) in [6, 6.07) is 1.74. The minimum absolute atomic E-state index is 0.0962. The predicted molar refractivity (Wildman–Crippen MR) is 145 cm³/mol. The lowest BCUT2D eigenvalue weighted by Gasteiger charge is -2.42. The predicted octanol–water partition coefficient (Wildman–Crippen LogP) is 10.7. The van der Waals surface area contributed by atoms with Crippen LogP contribution in [0.5, 0.6) is 0 Å². The third-order valence-corrected chi connectivity index (χ3v) is 10.1. The Labute approximate surface area is 215 Å². The van der Waals surface area contributed by atoms with Gasteiger partial charge in [-0.1, -0.05) is 90.9 Å². The van der Waals surface area contributed by atoms with Gasteiger partial charge in [0.2, 0.25) is 0 Å². The molecule has 2 saturated carbocycles. The number of benzene rings is 1. The van der Waals surface area contributed by atoms with E-state index in [1.807, 2.05) is 0 Å². The molecule has 1 aromatic rings.